The minimum atomic E-state index is -3.53. The van der Waals surface area contributed by atoms with E-state index in [2.05, 4.69) is 5.32 Å². The molecule has 0 aromatic heterocycles. The molecule has 2 aromatic carbocycles. The van der Waals surface area contributed by atoms with Gasteiger partial charge < -0.3 is 5.32 Å². The molecule has 0 spiro atoms. The monoisotopic (exact) mass is 372 g/mol. The standard InChI is InChI=1S/C20H24N2O3S/c1-16-8-5-6-12-18(16)19-20(23)21-13-14-22(19)26(24,25)15-7-11-17-9-3-2-4-10-17/h2-6,8-10,12,19H,7,11,13-15H2,1H3,(H,21,23). The lowest BCUT2D eigenvalue weighted by molar-refractivity contribution is -0.126. The number of piperazine rings is 1. The number of rotatable bonds is 6. The smallest absolute Gasteiger partial charge is 0.243 e. The van der Waals surface area contributed by atoms with Gasteiger partial charge in [-0.3, -0.25) is 4.79 Å². The zero-order valence-corrected chi connectivity index (χ0v) is 15.7. The summed E-state index contributed by atoms with van der Waals surface area (Å²) in [6, 6.07) is 16.5. The third-order valence-corrected chi connectivity index (χ3v) is 6.63. The molecule has 2 aromatic rings. The lowest BCUT2D eigenvalue weighted by Crippen LogP contribution is -2.52. The third-order valence-electron chi connectivity index (χ3n) is 4.72. The van der Waals surface area contributed by atoms with E-state index in [1.54, 1.807) is 0 Å². The summed E-state index contributed by atoms with van der Waals surface area (Å²) < 4.78 is 27.3. The van der Waals surface area contributed by atoms with Gasteiger partial charge >= 0.3 is 0 Å². The second kappa shape index (κ2) is 8.01. The molecule has 0 radical (unpaired) electrons. The summed E-state index contributed by atoms with van der Waals surface area (Å²) in [5.41, 5.74) is 2.78. The zero-order valence-electron chi connectivity index (χ0n) is 14.9. The molecule has 138 valence electrons. The van der Waals surface area contributed by atoms with Gasteiger partial charge in [0, 0.05) is 13.1 Å². The van der Waals surface area contributed by atoms with Gasteiger partial charge in [0.15, 0.2) is 0 Å². The van der Waals surface area contributed by atoms with Crippen molar-refractivity contribution in [3.05, 3.63) is 71.3 Å². The summed E-state index contributed by atoms with van der Waals surface area (Å²) in [6.07, 6.45) is 1.24. The second-order valence-electron chi connectivity index (χ2n) is 6.57. The summed E-state index contributed by atoms with van der Waals surface area (Å²) in [6.45, 7) is 2.55. The number of amides is 1. The average molecular weight is 372 g/mol. The Morgan fingerprint density at radius 3 is 2.50 bits per heavy atom. The van der Waals surface area contributed by atoms with Gasteiger partial charge in [-0.1, -0.05) is 54.6 Å². The Bertz CT molecular complexity index is 866. The van der Waals surface area contributed by atoms with E-state index < -0.39 is 16.1 Å². The number of nitrogens with zero attached hydrogens (tertiary/aromatic N) is 1. The summed E-state index contributed by atoms with van der Waals surface area (Å²) >= 11 is 0. The van der Waals surface area contributed by atoms with Crippen LogP contribution < -0.4 is 5.32 Å². The van der Waals surface area contributed by atoms with Crippen LogP contribution in [-0.4, -0.2) is 37.5 Å². The third kappa shape index (κ3) is 4.14. The molecule has 1 aliphatic rings. The maximum Gasteiger partial charge on any atom is 0.243 e. The van der Waals surface area contributed by atoms with Gasteiger partial charge in [0.05, 0.1) is 5.75 Å². The van der Waals surface area contributed by atoms with E-state index in [1.165, 1.54) is 4.31 Å². The number of sulfonamides is 1. The van der Waals surface area contributed by atoms with E-state index in [0.29, 0.717) is 25.9 Å². The van der Waals surface area contributed by atoms with E-state index in [4.69, 9.17) is 0 Å². The van der Waals surface area contributed by atoms with E-state index in [0.717, 1.165) is 16.7 Å². The lowest BCUT2D eigenvalue weighted by Gasteiger charge is -2.35. The maximum atomic E-state index is 13.0. The molecule has 3 rings (SSSR count). The van der Waals surface area contributed by atoms with E-state index in [9.17, 15) is 13.2 Å². The molecule has 1 saturated heterocycles. The molecule has 1 atom stereocenters. The summed E-state index contributed by atoms with van der Waals surface area (Å²) in [4.78, 5) is 12.5. The number of aryl methyl sites for hydroxylation is 2. The highest BCUT2D eigenvalue weighted by atomic mass is 32.2. The van der Waals surface area contributed by atoms with Crippen LogP contribution in [0, 0.1) is 6.92 Å². The van der Waals surface area contributed by atoms with E-state index in [-0.39, 0.29) is 11.7 Å². The Morgan fingerprint density at radius 1 is 1.08 bits per heavy atom. The van der Waals surface area contributed by atoms with Gasteiger partial charge in [-0.05, 0) is 36.5 Å². The number of carbonyl (C=O) groups is 1. The molecule has 1 N–H and O–H groups in total. The van der Waals surface area contributed by atoms with Crippen LogP contribution in [0.2, 0.25) is 0 Å². The molecule has 0 bridgehead atoms. The van der Waals surface area contributed by atoms with Crippen molar-refractivity contribution in [2.45, 2.75) is 25.8 Å². The average Bonchev–Trinajstić information content (AvgIpc) is 2.63. The van der Waals surface area contributed by atoms with Crippen LogP contribution in [0.3, 0.4) is 0 Å². The van der Waals surface area contributed by atoms with Crippen molar-refractivity contribution in [3.8, 4) is 0 Å². The van der Waals surface area contributed by atoms with Crippen molar-refractivity contribution in [1.29, 1.82) is 0 Å². The molecule has 0 saturated carbocycles. The van der Waals surface area contributed by atoms with Crippen LogP contribution in [0.25, 0.3) is 0 Å². The van der Waals surface area contributed by atoms with Crippen LogP contribution in [0.4, 0.5) is 0 Å². The van der Waals surface area contributed by atoms with Crippen molar-refractivity contribution in [2.75, 3.05) is 18.8 Å². The highest BCUT2D eigenvalue weighted by Crippen LogP contribution is 2.29. The first-order chi connectivity index (χ1) is 12.5. The molecule has 6 heteroatoms. The predicted octanol–water partition coefficient (Wildman–Crippen LogP) is 2.43. The first kappa shape index (κ1) is 18.6. The minimum Gasteiger partial charge on any atom is -0.353 e. The normalized spacial score (nSPS) is 18.5. The molecule has 1 unspecified atom stereocenters. The quantitative estimate of drug-likeness (QED) is 0.847. The number of carbonyl (C=O) groups excluding carboxylic acids is 1. The summed E-state index contributed by atoms with van der Waals surface area (Å²) in [5.74, 6) is -0.213. The molecule has 1 fully saturated rings. The van der Waals surface area contributed by atoms with Crippen molar-refractivity contribution < 1.29 is 13.2 Å². The Kier molecular flexibility index (Phi) is 5.74. The van der Waals surface area contributed by atoms with Crippen molar-refractivity contribution >= 4 is 15.9 Å². The number of hydrogen-bond acceptors (Lipinski definition) is 3. The van der Waals surface area contributed by atoms with Crippen molar-refractivity contribution in [1.82, 2.24) is 9.62 Å². The molecule has 0 aliphatic carbocycles. The highest BCUT2D eigenvalue weighted by Gasteiger charge is 2.38. The van der Waals surface area contributed by atoms with Crippen LogP contribution >= 0.6 is 0 Å². The highest BCUT2D eigenvalue weighted by molar-refractivity contribution is 7.89. The van der Waals surface area contributed by atoms with Gasteiger partial charge in [-0.2, -0.15) is 4.31 Å². The van der Waals surface area contributed by atoms with E-state index >= 15 is 0 Å². The minimum absolute atomic E-state index is 0.0392. The fourth-order valence-electron chi connectivity index (χ4n) is 3.36. The first-order valence-corrected chi connectivity index (χ1v) is 10.5. The van der Waals surface area contributed by atoms with Crippen LogP contribution in [0.15, 0.2) is 54.6 Å². The van der Waals surface area contributed by atoms with Crippen LogP contribution in [0.1, 0.15) is 29.2 Å². The Balaban J connectivity index is 1.77. The Hall–Kier alpha value is -2.18. The predicted molar refractivity (Wildman–Crippen MR) is 102 cm³/mol. The Morgan fingerprint density at radius 2 is 1.77 bits per heavy atom. The largest absolute Gasteiger partial charge is 0.353 e. The van der Waals surface area contributed by atoms with E-state index in [1.807, 2.05) is 61.5 Å². The first-order valence-electron chi connectivity index (χ1n) is 8.86. The number of benzene rings is 2. The van der Waals surface area contributed by atoms with Gasteiger partial charge in [0.25, 0.3) is 0 Å². The lowest BCUT2D eigenvalue weighted by atomic mass is 9.99. The fraction of sp³-hybridized carbons (Fsp3) is 0.350. The van der Waals surface area contributed by atoms with Gasteiger partial charge in [-0.25, -0.2) is 8.42 Å². The zero-order chi connectivity index (χ0) is 18.6. The second-order valence-corrected chi connectivity index (χ2v) is 8.61. The van der Waals surface area contributed by atoms with Crippen molar-refractivity contribution in [3.63, 3.8) is 0 Å². The number of nitrogens with one attached hydrogen (secondary N) is 1. The SMILES string of the molecule is Cc1ccccc1C1C(=O)NCCN1S(=O)(=O)CCCc1ccccc1. The molecular formula is C20H24N2O3S. The van der Waals surface area contributed by atoms with Gasteiger partial charge in [0.2, 0.25) is 15.9 Å². The van der Waals surface area contributed by atoms with Crippen LogP contribution in [-0.2, 0) is 21.2 Å². The van der Waals surface area contributed by atoms with Crippen molar-refractivity contribution in [2.24, 2.45) is 0 Å². The molecular weight excluding hydrogens is 348 g/mol. The van der Waals surface area contributed by atoms with Crippen LogP contribution in [0.5, 0.6) is 0 Å². The maximum absolute atomic E-state index is 13.0. The van der Waals surface area contributed by atoms with Gasteiger partial charge in [-0.15, -0.1) is 0 Å². The summed E-state index contributed by atoms with van der Waals surface area (Å²) in [7, 11) is -3.53. The topological polar surface area (TPSA) is 66.5 Å². The number of hydrogen-bond donors (Lipinski definition) is 1. The summed E-state index contributed by atoms with van der Waals surface area (Å²) in [5, 5.41) is 2.80. The van der Waals surface area contributed by atoms with Gasteiger partial charge in [0.1, 0.15) is 6.04 Å². The molecule has 1 aliphatic heterocycles. The molecule has 5 nitrogen and oxygen atoms in total. The molecule has 1 heterocycles. The fourth-order valence-corrected chi connectivity index (χ4v) is 5.00. The Labute approximate surface area is 155 Å². The molecule has 26 heavy (non-hydrogen) atoms. The molecule has 1 amide bonds.